The first kappa shape index (κ1) is 68.7. The molecule has 1 saturated heterocycles. The largest absolute Gasteiger partial charge is 0.480 e. The summed E-state index contributed by atoms with van der Waals surface area (Å²) >= 11 is 0. The van der Waals surface area contributed by atoms with Crippen molar-refractivity contribution in [1.29, 1.82) is 0 Å². The van der Waals surface area contributed by atoms with Gasteiger partial charge in [-0.25, -0.2) is 4.79 Å². The summed E-state index contributed by atoms with van der Waals surface area (Å²) in [5.41, 5.74) is 39.5. The SMILES string of the molecule is CC[C@H](C)[C@H](NC(=O)[C@H](CCCN=C(N)N)NC(=O)[C@H](C)NC(=O)[C@@H](N)CC(C)C)C(=O)N[C@@H](CCCN=C(N)N)C(=O)N1CCC[C@H]1C(=O)N[C@@H](CCCCN)C(=O)N[C@@H](CC(C)C)C(=O)N[C@@H](CCCCN)C(=O)O. The predicted molar refractivity (Wildman–Crippen MR) is 294 cm³/mol. The molecule has 0 aromatic carbocycles. The highest BCUT2D eigenvalue weighted by atomic mass is 16.4. The van der Waals surface area contributed by atoms with Crippen LogP contribution in [0.15, 0.2) is 9.98 Å². The highest BCUT2D eigenvalue weighted by molar-refractivity contribution is 5.98. The van der Waals surface area contributed by atoms with Crippen molar-refractivity contribution >= 4 is 65.1 Å². The van der Waals surface area contributed by atoms with Crippen molar-refractivity contribution in [2.24, 2.45) is 67.9 Å². The Morgan fingerprint density at radius 1 is 0.558 bits per heavy atom. The Balaban J connectivity index is 3.53. The van der Waals surface area contributed by atoms with Gasteiger partial charge in [-0.15, -0.1) is 0 Å². The topological polar surface area (TPSA) is 468 Å². The van der Waals surface area contributed by atoms with Gasteiger partial charge in [-0.1, -0.05) is 48.0 Å². The molecule has 0 aromatic rings. The lowest BCUT2D eigenvalue weighted by molar-refractivity contribution is -0.143. The average molecular weight is 1090 g/mol. The average Bonchev–Trinajstić information content (AvgIpc) is 3.86. The van der Waals surface area contributed by atoms with Gasteiger partial charge in [0.2, 0.25) is 47.3 Å². The third-order valence-corrected chi connectivity index (χ3v) is 13.1. The molecule has 1 heterocycles. The molecule has 1 aliphatic rings. The molecule has 0 radical (unpaired) electrons. The van der Waals surface area contributed by atoms with E-state index in [-0.39, 0.29) is 94.8 Å². The van der Waals surface area contributed by atoms with Crippen LogP contribution in [0.1, 0.15) is 145 Å². The van der Waals surface area contributed by atoms with Crippen molar-refractivity contribution in [2.75, 3.05) is 32.7 Å². The van der Waals surface area contributed by atoms with E-state index in [1.807, 2.05) is 27.7 Å². The molecule has 27 heteroatoms. The normalized spacial score (nSPS) is 16.7. The zero-order chi connectivity index (χ0) is 58.4. The molecule has 22 N–H and O–H groups in total. The number of carboxylic acid groups (broad SMARTS) is 1. The number of likely N-dealkylation sites (tertiary alicyclic amines) is 1. The molecule has 0 unspecified atom stereocenters. The van der Waals surface area contributed by atoms with Crippen molar-refractivity contribution in [3.05, 3.63) is 0 Å². The number of carboxylic acids is 1. The minimum Gasteiger partial charge on any atom is -0.480 e. The first-order chi connectivity index (χ1) is 36.3. The van der Waals surface area contributed by atoms with Gasteiger partial charge in [-0.2, -0.15) is 0 Å². The maximum atomic E-state index is 14.7. The highest BCUT2D eigenvalue weighted by Gasteiger charge is 2.41. The van der Waals surface area contributed by atoms with E-state index in [0.29, 0.717) is 58.0 Å². The van der Waals surface area contributed by atoms with E-state index < -0.39 is 114 Å². The van der Waals surface area contributed by atoms with Gasteiger partial charge in [0.25, 0.3) is 0 Å². The van der Waals surface area contributed by atoms with Crippen LogP contribution in [0.25, 0.3) is 0 Å². The fourth-order valence-corrected chi connectivity index (χ4v) is 8.58. The third kappa shape index (κ3) is 26.5. The lowest BCUT2D eigenvalue weighted by Gasteiger charge is -2.32. The molecule has 10 atom stereocenters. The first-order valence-electron chi connectivity index (χ1n) is 27.2. The number of hydrogen-bond donors (Lipinski definition) is 15. The van der Waals surface area contributed by atoms with Crippen molar-refractivity contribution in [1.82, 2.24) is 42.1 Å². The minimum atomic E-state index is -1.26. The van der Waals surface area contributed by atoms with Crippen LogP contribution in [-0.2, 0) is 43.2 Å². The molecule has 0 spiro atoms. The smallest absolute Gasteiger partial charge is 0.326 e. The zero-order valence-corrected chi connectivity index (χ0v) is 46.6. The van der Waals surface area contributed by atoms with Gasteiger partial charge in [0, 0.05) is 19.6 Å². The Morgan fingerprint density at radius 3 is 1.55 bits per heavy atom. The fraction of sp³-hybridized carbons (Fsp3) is 0.780. The molecule has 0 aromatic heterocycles. The van der Waals surface area contributed by atoms with Crippen molar-refractivity contribution in [3.8, 4) is 0 Å². The number of nitrogens with zero attached hydrogens (tertiary/aromatic N) is 3. The van der Waals surface area contributed by atoms with E-state index in [9.17, 15) is 48.3 Å². The maximum Gasteiger partial charge on any atom is 0.326 e. The van der Waals surface area contributed by atoms with Gasteiger partial charge < -0.3 is 87.4 Å². The predicted octanol–water partition coefficient (Wildman–Crippen LogP) is -2.69. The lowest BCUT2D eigenvalue weighted by atomic mass is 9.96. The van der Waals surface area contributed by atoms with Gasteiger partial charge in [0.15, 0.2) is 11.9 Å². The summed E-state index contributed by atoms with van der Waals surface area (Å²) in [5, 5.41) is 28.7. The molecule has 27 nitrogen and oxygen atoms in total. The van der Waals surface area contributed by atoms with E-state index in [1.165, 1.54) is 11.8 Å². The molecule has 0 bridgehead atoms. The van der Waals surface area contributed by atoms with Gasteiger partial charge in [0.05, 0.1) is 6.04 Å². The number of nitrogens with one attached hydrogen (secondary N) is 7. The van der Waals surface area contributed by atoms with Crippen molar-refractivity contribution < 1.29 is 48.3 Å². The Kier molecular flexibility index (Phi) is 32.7. The molecule has 0 aliphatic carbocycles. The minimum absolute atomic E-state index is 0.000448. The van der Waals surface area contributed by atoms with Crippen LogP contribution in [0.2, 0.25) is 0 Å². The lowest BCUT2D eigenvalue weighted by Crippen LogP contribution is -2.61. The van der Waals surface area contributed by atoms with Gasteiger partial charge >= 0.3 is 5.97 Å². The summed E-state index contributed by atoms with van der Waals surface area (Å²) in [5.74, 6) is -7.50. The summed E-state index contributed by atoms with van der Waals surface area (Å²) < 4.78 is 0. The third-order valence-electron chi connectivity index (χ3n) is 13.1. The number of amides is 8. The van der Waals surface area contributed by atoms with Crippen molar-refractivity contribution in [2.45, 2.75) is 199 Å². The quantitative estimate of drug-likeness (QED) is 0.0170. The number of aliphatic imine (C=N–C) groups is 2. The molecule has 8 amide bonds. The van der Waals surface area contributed by atoms with E-state index in [1.54, 1.807) is 13.8 Å². The number of aliphatic carboxylic acids is 1. The second-order valence-corrected chi connectivity index (χ2v) is 20.8. The Labute approximate surface area is 454 Å². The Bertz CT molecular complexity index is 1970. The van der Waals surface area contributed by atoms with E-state index in [2.05, 4.69) is 47.2 Å². The van der Waals surface area contributed by atoms with Crippen LogP contribution < -0.4 is 77.4 Å². The van der Waals surface area contributed by atoms with Crippen LogP contribution in [-0.4, -0.2) is 162 Å². The second kappa shape index (κ2) is 36.6. The molecular formula is C50H95N17O10. The maximum absolute atomic E-state index is 14.7. The number of guanidine groups is 2. The van der Waals surface area contributed by atoms with Gasteiger partial charge in [-0.05, 0) is 128 Å². The van der Waals surface area contributed by atoms with E-state index in [4.69, 9.17) is 40.1 Å². The van der Waals surface area contributed by atoms with Crippen LogP contribution in [0, 0.1) is 17.8 Å². The van der Waals surface area contributed by atoms with E-state index >= 15 is 0 Å². The number of nitrogens with two attached hydrogens (primary N) is 7. The molecule has 1 rings (SSSR count). The first-order valence-corrected chi connectivity index (χ1v) is 27.2. The second-order valence-electron chi connectivity index (χ2n) is 20.8. The number of carbonyl (C=O) groups is 9. The number of hydrogen-bond acceptors (Lipinski definition) is 14. The molecule has 440 valence electrons. The highest BCUT2D eigenvalue weighted by Crippen LogP contribution is 2.21. The summed E-state index contributed by atoms with van der Waals surface area (Å²) in [4.78, 5) is 133. The van der Waals surface area contributed by atoms with Gasteiger partial charge in [0.1, 0.15) is 48.3 Å². The monoisotopic (exact) mass is 1090 g/mol. The summed E-state index contributed by atoms with van der Waals surface area (Å²) in [7, 11) is 0. The standard InChI is InChI=1S/C50H95N17O10/c1-8-30(6)39(66-43(71)34(18-13-23-58-49(54)55)61-40(68)31(7)60-41(69)32(53)26-28(2)3)46(74)63-35(19-14-24-59-50(56)57)47(75)67-25-15-20-38(67)45(73)62-33(16-9-11-21-51)42(70)65-37(27-29(4)5)44(72)64-36(48(76)77)17-10-12-22-52/h28-39H,8-27,51-53H2,1-7H3,(H,60,69)(H,61,68)(H,62,73)(H,63,74)(H,64,72)(H,65,70)(H,66,71)(H,76,77)(H4,54,55,58)(H4,56,57,59)/t30-,31-,32-,33-,34-,35-,36-,37-,38-,39-/m0/s1. The number of unbranched alkanes of at least 4 members (excludes halogenated alkanes) is 2. The van der Waals surface area contributed by atoms with Crippen LogP contribution in [0.5, 0.6) is 0 Å². The van der Waals surface area contributed by atoms with Gasteiger partial charge in [-0.3, -0.25) is 48.3 Å². The molecule has 1 aliphatic heterocycles. The molecule has 77 heavy (non-hydrogen) atoms. The fourth-order valence-electron chi connectivity index (χ4n) is 8.58. The van der Waals surface area contributed by atoms with Crippen LogP contribution in [0.3, 0.4) is 0 Å². The van der Waals surface area contributed by atoms with Crippen LogP contribution >= 0.6 is 0 Å². The summed E-state index contributed by atoms with van der Waals surface area (Å²) in [6.07, 6.45) is 4.17. The van der Waals surface area contributed by atoms with E-state index in [0.717, 1.165) is 0 Å². The molecule has 1 fully saturated rings. The summed E-state index contributed by atoms with van der Waals surface area (Å²) in [6.45, 7) is 13.4. The Morgan fingerprint density at radius 2 is 1.03 bits per heavy atom. The number of carbonyl (C=O) groups excluding carboxylic acids is 8. The van der Waals surface area contributed by atoms with Crippen molar-refractivity contribution in [3.63, 3.8) is 0 Å². The number of rotatable bonds is 38. The summed E-state index contributed by atoms with van der Waals surface area (Å²) in [6, 6.07) is -10.3. The zero-order valence-electron chi connectivity index (χ0n) is 46.6. The molecule has 0 saturated carbocycles. The Hall–Kier alpha value is -6.35. The molecular weight excluding hydrogens is 999 g/mol. The van der Waals surface area contributed by atoms with Crippen LogP contribution in [0.4, 0.5) is 0 Å².